The second-order valence-electron chi connectivity index (χ2n) is 8.03. The maximum atomic E-state index is 11.6. The molecule has 1 N–H and O–H groups in total. The van der Waals surface area contributed by atoms with Gasteiger partial charge in [-0.25, -0.2) is 4.79 Å². The predicted molar refractivity (Wildman–Crippen MR) is 121 cm³/mol. The molecule has 33 heavy (non-hydrogen) atoms. The van der Waals surface area contributed by atoms with E-state index in [9.17, 15) is 9.90 Å². The van der Waals surface area contributed by atoms with Crippen molar-refractivity contribution in [3.63, 3.8) is 0 Å². The largest absolute Gasteiger partial charge is 0.490 e. The number of fused-ring (bicyclic) bond motifs is 2. The fourth-order valence-corrected chi connectivity index (χ4v) is 3.71. The van der Waals surface area contributed by atoms with Crippen LogP contribution < -0.4 is 9.47 Å². The standard InChI is InChI=1S/C25H26O8/c26-25(27)16-5-6-21-22(11-16)24(31-10-8-29-13-18-15-33-18)20-4-2-1-3-19(20)23(21)30-9-7-28-12-17-14-32-17/h1-6,11,17-18H,7-10,12-15H2,(H,26,27). The Labute approximate surface area is 190 Å². The van der Waals surface area contributed by atoms with Gasteiger partial charge in [0.2, 0.25) is 0 Å². The van der Waals surface area contributed by atoms with Crippen LogP contribution in [0.25, 0.3) is 21.5 Å². The summed E-state index contributed by atoms with van der Waals surface area (Å²) in [5.74, 6) is 0.296. The van der Waals surface area contributed by atoms with E-state index in [1.807, 2.05) is 24.3 Å². The van der Waals surface area contributed by atoms with Gasteiger partial charge in [0.15, 0.2) is 0 Å². The van der Waals surface area contributed by atoms with Crippen molar-refractivity contribution in [1.82, 2.24) is 0 Å². The number of rotatable bonds is 13. The second kappa shape index (κ2) is 9.93. The molecule has 2 saturated heterocycles. The molecule has 0 spiro atoms. The highest BCUT2D eigenvalue weighted by Gasteiger charge is 2.23. The van der Waals surface area contributed by atoms with Gasteiger partial charge >= 0.3 is 5.97 Å². The summed E-state index contributed by atoms with van der Waals surface area (Å²) in [6.45, 7) is 4.16. The zero-order valence-electron chi connectivity index (χ0n) is 18.2. The van der Waals surface area contributed by atoms with E-state index in [0.29, 0.717) is 56.5 Å². The Morgan fingerprint density at radius 1 is 0.788 bits per heavy atom. The lowest BCUT2D eigenvalue weighted by molar-refractivity contribution is 0.0697. The molecule has 3 aromatic rings. The molecule has 174 valence electrons. The number of hydrogen-bond donors (Lipinski definition) is 1. The minimum atomic E-state index is -0.998. The Morgan fingerprint density at radius 3 is 1.82 bits per heavy atom. The van der Waals surface area contributed by atoms with Gasteiger partial charge in [-0.15, -0.1) is 0 Å². The Balaban J connectivity index is 1.43. The van der Waals surface area contributed by atoms with Crippen LogP contribution in [0.2, 0.25) is 0 Å². The first-order valence-electron chi connectivity index (χ1n) is 11.1. The van der Waals surface area contributed by atoms with Crippen LogP contribution in [-0.2, 0) is 18.9 Å². The van der Waals surface area contributed by atoms with Crippen molar-refractivity contribution in [3.8, 4) is 11.5 Å². The third kappa shape index (κ3) is 5.36. The van der Waals surface area contributed by atoms with Crippen LogP contribution in [-0.4, -0.2) is 76.1 Å². The third-order valence-corrected chi connectivity index (χ3v) is 5.53. The summed E-state index contributed by atoms with van der Waals surface area (Å²) >= 11 is 0. The number of carboxylic acids is 1. The molecule has 0 aliphatic carbocycles. The summed E-state index contributed by atoms with van der Waals surface area (Å²) in [5, 5.41) is 12.7. The first-order valence-corrected chi connectivity index (χ1v) is 11.1. The molecule has 2 unspecified atom stereocenters. The molecule has 0 bridgehead atoms. The summed E-state index contributed by atoms with van der Waals surface area (Å²) < 4.78 is 33.8. The molecule has 8 nitrogen and oxygen atoms in total. The van der Waals surface area contributed by atoms with E-state index in [-0.39, 0.29) is 17.8 Å². The summed E-state index contributed by atoms with van der Waals surface area (Å²) in [4.78, 5) is 11.6. The van der Waals surface area contributed by atoms with E-state index in [0.717, 1.165) is 29.4 Å². The highest BCUT2D eigenvalue weighted by atomic mass is 16.6. The summed E-state index contributed by atoms with van der Waals surface area (Å²) in [5.41, 5.74) is 0.184. The van der Waals surface area contributed by atoms with E-state index >= 15 is 0 Å². The number of carboxylic acid groups (broad SMARTS) is 1. The molecule has 2 aliphatic heterocycles. The maximum Gasteiger partial charge on any atom is 0.335 e. The number of hydrogen-bond acceptors (Lipinski definition) is 7. The summed E-state index contributed by atoms with van der Waals surface area (Å²) in [7, 11) is 0. The van der Waals surface area contributed by atoms with Gasteiger partial charge < -0.3 is 33.5 Å². The normalized spacial score (nSPS) is 19.0. The molecule has 5 rings (SSSR count). The first kappa shape index (κ1) is 21.9. The quantitative estimate of drug-likeness (QED) is 0.239. The van der Waals surface area contributed by atoms with E-state index < -0.39 is 5.97 Å². The fraction of sp³-hybridized carbons (Fsp3) is 0.400. The number of carbonyl (C=O) groups is 1. The van der Waals surface area contributed by atoms with Crippen LogP contribution in [0.3, 0.4) is 0 Å². The van der Waals surface area contributed by atoms with Crippen molar-refractivity contribution in [3.05, 3.63) is 48.0 Å². The Kier molecular flexibility index (Phi) is 6.59. The van der Waals surface area contributed by atoms with Crippen LogP contribution in [0, 0.1) is 0 Å². The molecule has 8 heteroatoms. The lowest BCUT2D eigenvalue weighted by Gasteiger charge is -2.18. The van der Waals surface area contributed by atoms with Crippen molar-refractivity contribution in [1.29, 1.82) is 0 Å². The number of epoxide rings is 2. The Hall–Kier alpha value is -2.91. The zero-order chi connectivity index (χ0) is 22.6. The molecular weight excluding hydrogens is 428 g/mol. The summed E-state index contributed by atoms with van der Waals surface area (Å²) in [6, 6.07) is 12.8. The number of aromatic carboxylic acids is 1. The van der Waals surface area contributed by atoms with Gasteiger partial charge in [-0.1, -0.05) is 24.3 Å². The van der Waals surface area contributed by atoms with E-state index in [2.05, 4.69) is 0 Å². The SMILES string of the molecule is O=C(O)c1ccc2c(OCCOCC3CO3)c3ccccc3c(OCCOCC3CO3)c2c1. The lowest BCUT2D eigenvalue weighted by Crippen LogP contribution is -2.12. The zero-order valence-corrected chi connectivity index (χ0v) is 18.2. The van der Waals surface area contributed by atoms with Gasteiger partial charge in [-0.2, -0.15) is 0 Å². The second-order valence-corrected chi connectivity index (χ2v) is 8.03. The molecule has 0 amide bonds. The molecular formula is C25H26O8. The van der Waals surface area contributed by atoms with Gasteiger partial charge in [0.05, 0.1) is 45.2 Å². The fourth-order valence-electron chi connectivity index (χ4n) is 3.71. The smallest absolute Gasteiger partial charge is 0.335 e. The van der Waals surface area contributed by atoms with Crippen molar-refractivity contribution >= 4 is 27.5 Å². The van der Waals surface area contributed by atoms with Crippen LogP contribution in [0.1, 0.15) is 10.4 Å². The van der Waals surface area contributed by atoms with Crippen LogP contribution in [0.4, 0.5) is 0 Å². The van der Waals surface area contributed by atoms with Gasteiger partial charge in [-0.3, -0.25) is 0 Å². The van der Waals surface area contributed by atoms with Gasteiger partial charge in [-0.05, 0) is 18.2 Å². The Morgan fingerprint density at radius 2 is 1.30 bits per heavy atom. The van der Waals surface area contributed by atoms with E-state index in [4.69, 9.17) is 28.4 Å². The van der Waals surface area contributed by atoms with E-state index in [1.165, 1.54) is 0 Å². The molecule has 0 saturated carbocycles. The van der Waals surface area contributed by atoms with E-state index in [1.54, 1.807) is 18.2 Å². The lowest BCUT2D eigenvalue weighted by atomic mass is 9.98. The first-order chi connectivity index (χ1) is 16.2. The van der Waals surface area contributed by atoms with Gasteiger partial charge in [0.25, 0.3) is 0 Å². The monoisotopic (exact) mass is 454 g/mol. The summed E-state index contributed by atoms with van der Waals surface area (Å²) in [6.07, 6.45) is 0.403. The molecule has 0 aromatic heterocycles. The molecule has 3 aromatic carbocycles. The van der Waals surface area contributed by atoms with Crippen LogP contribution in [0.15, 0.2) is 42.5 Å². The topological polar surface area (TPSA) is 99.3 Å². The number of benzene rings is 3. The van der Waals surface area contributed by atoms with Gasteiger partial charge in [0, 0.05) is 21.5 Å². The molecule has 2 fully saturated rings. The molecule has 0 radical (unpaired) electrons. The highest BCUT2D eigenvalue weighted by Crippen LogP contribution is 2.43. The van der Waals surface area contributed by atoms with Crippen molar-refractivity contribution in [2.45, 2.75) is 12.2 Å². The average molecular weight is 454 g/mol. The van der Waals surface area contributed by atoms with Crippen LogP contribution >= 0.6 is 0 Å². The van der Waals surface area contributed by atoms with Gasteiger partial charge in [0.1, 0.15) is 36.9 Å². The Bertz CT molecular complexity index is 1140. The average Bonchev–Trinajstić information content (AvgIpc) is 3.74. The third-order valence-electron chi connectivity index (χ3n) is 5.53. The minimum absolute atomic E-state index is 0.184. The molecule has 2 atom stereocenters. The molecule has 2 aliphatic rings. The molecule has 2 heterocycles. The van der Waals surface area contributed by atoms with Crippen molar-refractivity contribution in [2.24, 2.45) is 0 Å². The maximum absolute atomic E-state index is 11.6. The van der Waals surface area contributed by atoms with Crippen LogP contribution in [0.5, 0.6) is 11.5 Å². The number of ether oxygens (including phenoxy) is 6. The predicted octanol–water partition coefficient (Wildman–Crippen LogP) is 3.28. The van der Waals surface area contributed by atoms with Crippen molar-refractivity contribution in [2.75, 3.05) is 52.9 Å². The highest BCUT2D eigenvalue weighted by molar-refractivity contribution is 6.12. The minimum Gasteiger partial charge on any atom is -0.490 e. The van der Waals surface area contributed by atoms with Crippen molar-refractivity contribution < 1.29 is 38.3 Å².